The molecule has 2 aliphatic heterocycles. The number of likely N-dealkylation sites (tertiary alicyclic amines) is 1. The molecule has 0 spiro atoms. The monoisotopic (exact) mass is 268 g/mol. The van der Waals surface area contributed by atoms with E-state index in [0.29, 0.717) is 19.6 Å². The van der Waals surface area contributed by atoms with E-state index >= 15 is 0 Å². The zero-order valence-corrected chi connectivity index (χ0v) is 11.5. The van der Waals surface area contributed by atoms with Crippen LogP contribution in [0.4, 0.5) is 4.79 Å². The molecule has 0 aliphatic carbocycles. The number of carbonyl (C=O) groups excluding carboxylic acids is 2. The van der Waals surface area contributed by atoms with Crippen molar-refractivity contribution in [2.45, 2.75) is 32.6 Å². The smallest absolute Gasteiger partial charge is 0.410 e. The lowest BCUT2D eigenvalue weighted by molar-refractivity contribution is -0.132. The van der Waals surface area contributed by atoms with E-state index in [1.54, 1.807) is 4.90 Å². The van der Waals surface area contributed by atoms with Gasteiger partial charge in [0.2, 0.25) is 5.91 Å². The highest BCUT2D eigenvalue weighted by molar-refractivity contribution is 5.90. The van der Waals surface area contributed by atoms with Crippen molar-refractivity contribution in [1.29, 1.82) is 0 Å². The van der Waals surface area contributed by atoms with Crippen molar-refractivity contribution >= 4 is 12.0 Å². The third-order valence-electron chi connectivity index (χ3n) is 3.08. The predicted octanol–water partition coefficient (Wildman–Crippen LogP) is 0.570. The average Bonchev–Trinajstić information content (AvgIpc) is 2.50. The highest BCUT2D eigenvalue weighted by Gasteiger charge is 2.36. The first kappa shape index (κ1) is 13.9. The fourth-order valence-electron chi connectivity index (χ4n) is 2.14. The number of ether oxygens (including phenoxy) is 1. The molecule has 1 N–H and O–H groups in total. The molecule has 2 amide bonds. The third kappa shape index (κ3) is 3.26. The molecule has 2 aliphatic rings. The van der Waals surface area contributed by atoms with Crippen LogP contribution >= 0.6 is 0 Å². The quantitative estimate of drug-likeness (QED) is 0.795. The van der Waals surface area contributed by atoms with Crippen LogP contribution in [-0.2, 0) is 9.53 Å². The van der Waals surface area contributed by atoms with E-state index in [-0.39, 0.29) is 17.9 Å². The normalized spacial score (nSPS) is 23.8. The van der Waals surface area contributed by atoms with Crippen molar-refractivity contribution < 1.29 is 19.4 Å². The lowest BCUT2D eigenvalue weighted by Crippen LogP contribution is -2.55. The van der Waals surface area contributed by atoms with Crippen LogP contribution in [0, 0.1) is 5.92 Å². The lowest BCUT2D eigenvalue weighted by Gasteiger charge is -2.41. The first-order valence-corrected chi connectivity index (χ1v) is 6.41. The molecule has 1 fully saturated rings. The van der Waals surface area contributed by atoms with Gasteiger partial charge in [-0.3, -0.25) is 4.79 Å². The zero-order valence-electron chi connectivity index (χ0n) is 11.5. The Hall–Kier alpha value is -1.56. The summed E-state index contributed by atoms with van der Waals surface area (Å²) < 4.78 is 5.25. The van der Waals surface area contributed by atoms with Crippen molar-refractivity contribution in [2.24, 2.45) is 5.92 Å². The van der Waals surface area contributed by atoms with E-state index in [1.165, 1.54) is 17.1 Å². The molecule has 0 radical (unpaired) electrons. The minimum Gasteiger partial charge on any atom is -0.444 e. The second-order valence-electron chi connectivity index (χ2n) is 6.01. The van der Waals surface area contributed by atoms with Gasteiger partial charge in [0.05, 0.1) is 0 Å². The molecule has 0 aromatic carbocycles. The summed E-state index contributed by atoms with van der Waals surface area (Å²) in [4.78, 5) is 26.2. The molecule has 0 aromatic heterocycles. The van der Waals surface area contributed by atoms with Crippen molar-refractivity contribution in [3.8, 4) is 0 Å². The number of hydrogen-bond donors (Lipinski definition) is 1. The fraction of sp³-hybridized carbons (Fsp3) is 0.692. The molecule has 6 nitrogen and oxygen atoms in total. The molecule has 0 saturated carbocycles. The highest BCUT2D eigenvalue weighted by Crippen LogP contribution is 2.22. The molecule has 1 unspecified atom stereocenters. The van der Waals surface area contributed by atoms with E-state index in [1.807, 2.05) is 20.8 Å². The van der Waals surface area contributed by atoms with Crippen LogP contribution in [-0.4, -0.2) is 58.4 Å². The van der Waals surface area contributed by atoms with Gasteiger partial charge >= 0.3 is 6.09 Å². The molecule has 1 saturated heterocycles. The standard InChI is InChI=1S/C13H20N2O4/c1-13(2,3)19-12(18)14-6-9(7-14)8-15-10(16)4-5-11(15)17/h4-5,9-10,16H,6-8H2,1-3H3. The Balaban J connectivity index is 1.75. The Bertz CT molecular complexity index is 407. The van der Waals surface area contributed by atoms with Gasteiger partial charge in [0.25, 0.3) is 0 Å². The third-order valence-corrected chi connectivity index (χ3v) is 3.08. The molecule has 19 heavy (non-hydrogen) atoms. The second kappa shape index (κ2) is 4.85. The molecular weight excluding hydrogens is 248 g/mol. The predicted molar refractivity (Wildman–Crippen MR) is 68.2 cm³/mol. The lowest BCUT2D eigenvalue weighted by atomic mass is 10.0. The number of amides is 2. The number of carbonyl (C=O) groups is 2. The Morgan fingerprint density at radius 1 is 1.47 bits per heavy atom. The molecule has 2 rings (SSSR count). The second-order valence-corrected chi connectivity index (χ2v) is 6.01. The first-order valence-electron chi connectivity index (χ1n) is 6.41. The molecule has 106 valence electrons. The van der Waals surface area contributed by atoms with Crippen LogP contribution in [0.2, 0.25) is 0 Å². The van der Waals surface area contributed by atoms with Gasteiger partial charge in [0.1, 0.15) is 11.8 Å². The van der Waals surface area contributed by atoms with Crippen molar-refractivity contribution in [1.82, 2.24) is 9.80 Å². The fourth-order valence-corrected chi connectivity index (χ4v) is 2.14. The van der Waals surface area contributed by atoms with Gasteiger partial charge in [0, 0.05) is 31.6 Å². The maximum atomic E-state index is 11.7. The average molecular weight is 268 g/mol. The van der Waals surface area contributed by atoms with Gasteiger partial charge in [-0.1, -0.05) is 0 Å². The summed E-state index contributed by atoms with van der Waals surface area (Å²) in [5.74, 6) is 0.0224. The van der Waals surface area contributed by atoms with Crippen molar-refractivity contribution in [3.63, 3.8) is 0 Å². The summed E-state index contributed by atoms with van der Waals surface area (Å²) in [5, 5.41) is 9.57. The van der Waals surface area contributed by atoms with Gasteiger partial charge in [-0.05, 0) is 26.8 Å². The van der Waals surface area contributed by atoms with Gasteiger partial charge < -0.3 is 19.6 Å². The highest BCUT2D eigenvalue weighted by atomic mass is 16.6. The molecular formula is C13H20N2O4. The Morgan fingerprint density at radius 2 is 2.11 bits per heavy atom. The van der Waals surface area contributed by atoms with E-state index in [0.717, 1.165) is 0 Å². The summed E-state index contributed by atoms with van der Waals surface area (Å²) in [7, 11) is 0. The number of aliphatic hydroxyl groups excluding tert-OH is 1. The van der Waals surface area contributed by atoms with Crippen molar-refractivity contribution in [3.05, 3.63) is 12.2 Å². The van der Waals surface area contributed by atoms with Crippen molar-refractivity contribution in [2.75, 3.05) is 19.6 Å². The number of aliphatic hydroxyl groups is 1. The van der Waals surface area contributed by atoms with Crippen LogP contribution in [0.5, 0.6) is 0 Å². The summed E-state index contributed by atoms with van der Waals surface area (Å²) in [6.07, 6.45) is 1.68. The summed E-state index contributed by atoms with van der Waals surface area (Å²) in [5.41, 5.74) is -0.493. The van der Waals surface area contributed by atoms with Gasteiger partial charge in [-0.25, -0.2) is 4.79 Å². The van der Waals surface area contributed by atoms with Gasteiger partial charge in [-0.15, -0.1) is 0 Å². The van der Waals surface area contributed by atoms with Gasteiger partial charge in [0.15, 0.2) is 0 Å². The summed E-state index contributed by atoms with van der Waals surface area (Å²) >= 11 is 0. The zero-order chi connectivity index (χ0) is 14.2. The topological polar surface area (TPSA) is 70.1 Å². The Morgan fingerprint density at radius 3 is 2.58 bits per heavy atom. The SMILES string of the molecule is CC(C)(C)OC(=O)N1CC(CN2C(=O)C=CC2O)C1. The minimum absolute atomic E-state index is 0.178. The van der Waals surface area contributed by atoms with E-state index < -0.39 is 11.8 Å². The van der Waals surface area contributed by atoms with Gasteiger partial charge in [-0.2, -0.15) is 0 Å². The van der Waals surface area contributed by atoms with Crippen LogP contribution in [0.15, 0.2) is 12.2 Å². The largest absolute Gasteiger partial charge is 0.444 e. The maximum absolute atomic E-state index is 11.7. The summed E-state index contributed by atoms with van der Waals surface area (Å²) in [6, 6.07) is 0. The van der Waals surface area contributed by atoms with E-state index in [4.69, 9.17) is 4.74 Å². The Labute approximate surface area is 112 Å². The van der Waals surface area contributed by atoms with Crippen LogP contribution in [0.1, 0.15) is 20.8 Å². The molecule has 1 atom stereocenters. The summed E-state index contributed by atoms with van der Waals surface area (Å²) in [6.45, 7) is 7.07. The molecule has 0 aromatic rings. The molecule has 6 heteroatoms. The number of hydrogen-bond acceptors (Lipinski definition) is 4. The van der Waals surface area contributed by atoms with E-state index in [2.05, 4.69) is 0 Å². The van der Waals surface area contributed by atoms with Crippen LogP contribution in [0.3, 0.4) is 0 Å². The Kier molecular flexibility index (Phi) is 3.54. The van der Waals surface area contributed by atoms with Crippen LogP contribution in [0.25, 0.3) is 0 Å². The minimum atomic E-state index is -0.830. The molecule has 0 bridgehead atoms. The first-order chi connectivity index (χ1) is 8.76. The number of nitrogens with zero attached hydrogens (tertiary/aromatic N) is 2. The number of rotatable bonds is 2. The molecule has 2 heterocycles. The maximum Gasteiger partial charge on any atom is 0.410 e. The van der Waals surface area contributed by atoms with E-state index in [9.17, 15) is 14.7 Å². The van der Waals surface area contributed by atoms with Crippen LogP contribution < -0.4 is 0 Å².